The number of ketones is 1. The molecule has 2 heterocycles. The number of hydrogen-bond acceptors (Lipinski definition) is 4. The zero-order chi connectivity index (χ0) is 31.4. The van der Waals surface area contributed by atoms with Crippen molar-refractivity contribution in [1.82, 2.24) is 4.98 Å². The zero-order valence-corrected chi connectivity index (χ0v) is 29.8. The molecule has 1 aliphatic carbocycles. The molecule has 45 heavy (non-hydrogen) atoms. The molecule has 1 fully saturated rings. The SMILES string of the molecule is CC(C)CC(=O)/C=C(\O)CC(C)C.CC(C)c1[c-]c(-c2nccc3cc(C4CCCC4)ccc23)c2oc3ccccc3c2c1.[Ir]. The molecule has 0 aliphatic heterocycles. The number of nitrogens with zero attached hydrogens (tertiary/aromatic N) is 1. The summed E-state index contributed by atoms with van der Waals surface area (Å²) < 4.78 is 6.36. The summed E-state index contributed by atoms with van der Waals surface area (Å²) in [6, 6.07) is 23.3. The first-order valence-corrected chi connectivity index (χ1v) is 16.3. The molecular weight excluding hydrogens is 735 g/mol. The fraction of sp³-hybridized carbons (Fsp3) is 0.400. The maximum absolute atomic E-state index is 11.2. The van der Waals surface area contributed by atoms with E-state index >= 15 is 0 Å². The number of pyridine rings is 1. The van der Waals surface area contributed by atoms with Crippen molar-refractivity contribution >= 4 is 38.5 Å². The van der Waals surface area contributed by atoms with Crippen LogP contribution in [0.2, 0.25) is 0 Å². The first-order chi connectivity index (χ1) is 21.1. The number of para-hydroxylation sites is 1. The average Bonchev–Trinajstić information content (AvgIpc) is 3.64. The van der Waals surface area contributed by atoms with Crippen LogP contribution in [0.4, 0.5) is 0 Å². The van der Waals surface area contributed by atoms with Crippen molar-refractivity contribution in [2.75, 3.05) is 0 Å². The van der Waals surface area contributed by atoms with Gasteiger partial charge in [-0.3, -0.25) is 4.79 Å². The van der Waals surface area contributed by atoms with E-state index in [-0.39, 0.29) is 31.6 Å². The Kier molecular flexibility index (Phi) is 11.8. The molecule has 1 aliphatic rings. The number of rotatable bonds is 8. The van der Waals surface area contributed by atoms with Crippen LogP contribution in [0.1, 0.15) is 103 Å². The molecule has 6 rings (SSSR count). The Hall–Kier alpha value is -3.27. The third-order valence-corrected chi connectivity index (χ3v) is 8.46. The van der Waals surface area contributed by atoms with E-state index in [1.807, 2.05) is 46.0 Å². The molecular formula is C40H46IrNO3-. The Balaban J connectivity index is 0.000000283. The summed E-state index contributed by atoms with van der Waals surface area (Å²) in [7, 11) is 0. The van der Waals surface area contributed by atoms with Crippen molar-refractivity contribution in [3.63, 3.8) is 0 Å². The Morgan fingerprint density at radius 2 is 1.64 bits per heavy atom. The number of carbonyl (C=O) groups is 1. The minimum absolute atomic E-state index is 0. The van der Waals surface area contributed by atoms with Gasteiger partial charge in [0.15, 0.2) is 5.78 Å². The molecule has 4 nitrogen and oxygen atoms in total. The molecule has 0 spiro atoms. The number of hydrogen-bond donors (Lipinski definition) is 1. The summed E-state index contributed by atoms with van der Waals surface area (Å²) in [5.41, 5.74) is 6.38. The van der Waals surface area contributed by atoms with E-state index in [1.165, 1.54) is 53.7 Å². The molecule has 5 heteroatoms. The molecule has 0 atom stereocenters. The summed E-state index contributed by atoms with van der Waals surface area (Å²) in [6.45, 7) is 12.4. The van der Waals surface area contributed by atoms with Crippen molar-refractivity contribution in [3.05, 3.63) is 89.8 Å². The van der Waals surface area contributed by atoms with Crippen molar-refractivity contribution in [2.24, 2.45) is 11.8 Å². The first-order valence-electron chi connectivity index (χ1n) is 16.3. The van der Waals surface area contributed by atoms with E-state index in [9.17, 15) is 9.90 Å². The number of fused-ring (bicyclic) bond motifs is 4. The summed E-state index contributed by atoms with van der Waals surface area (Å²) in [6.07, 6.45) is 9.73. The van der Waals surface area contributed by atoms with Crippen molar-refractivity contribution in [3.8, 4) is 11.3 Å². The maximum atomic E-state index is 11.2. The van der Waals surface area contributed by atoms with Crippen LogP contribution in [0.5, 0.6) is 0 Å². The Morgan fingerprint density at radius 1 is 0.933 bits per heavy atom. The number of aliphatic hydroxyl groups is 1. The van der Waals surface area contributed by atoms with Crippen molar-refractivity contribution in [1.29, 1.82) is 0 Å². The van der Waals surface area contributed by atoms with Crippen LogP contribution in [-0.4, -0.2) is 15.9 Å². The van der Waals surface area contributed by atoms with Crippen LogP contribution < -0.4 is 0 Å². The Morgan fingerprint density at radius 3 is 2.33 bits per heavy atom. The quantitative estimate of drug-likeness (QED) is 0.0968. The largest absolute Gasteiger partial charge is 0.512 e. The molecule has 0 amide bonds. The number of benzene rings is 3. The van der Waals surface area contributed by atoms with E-state index in [0.29, 0.717) is 36.5 Å². The average molecular weight is 781 g/mol. The van der Waals surface area contributed by atoms with Crippen LogP contribution in [0.3, 0.4) is 0 Å². The molecule has 0 bridgehead atoms. The Labute approximate surface area is 281 Å². The second-order valence-electron chi connectivity index (χ2n) is 13.5. The van der Waals surface area contributed by atoms with Gasteiger partial charge in [0, 0.05) is 50.6 Å². The van der Waals surface area contributed by atoms with Gasteiger partial charge < -0.3 is 14.5 Å². The van der Waals surface area contributed by atoms with Gasteiger partial charge in [-0.1, -0.05) is 102 Å². The van der Waals surface area contributed by atoms with Gasteiger partial charge in [0.05, 0.1) is 11.3 Å². The maximum Gasteiger partial charge on any atom is 0.159 e. The second kappa shape index (κ2) is 15.3. The number of carbonyl (C=O) groups excluding carboxylic acids is 1. The molecule has 2 aromatic heterocycles. The summed E-state index contributed by atoms with van der Waals surface area (Å²) in [5, 5.41) is 14.1. The fourth-order valence-electron chi connectivity index (χ4n) is 6.30. The van der Waals surface area contributed by atoms with Gasteiger partial charge in [-0.2, -0.15) is 0 Å². The minimum atomic E-state index is 0. The van der Waals surface area contributed by atoms with Crippen LogP contribution in [0.25, 0.3) is 44.0 Å². The van der Waals surface area contributed by atoms with Crippen molar-refractivity contribution < 1.29 is 34.4 Å². The van der Waals surface area contributed by atoms with E-state index in [2.05, 4.69) is 62.4 Å². The van der Waals surface area contributed by atoms with Gasteiger partial charge in [0.1, 0.15) is 5.58 Å². The van der Waals surface area contributed by atoms with Gasteiger partial charge >= 0.3 is 0 Å². The first kappa shape index (κ1) is 34.6. The number of aromatic nitrogens is 1. The van der Waals surface area contributed by atoms with Gasteiger partial charge in [-0.05, 0) is 70.7 Å². The third kappa shape index (κ3) is 8.31. The number of furan rings is 1. The van der Waals surface area contributed by atoms with E-state index in [4.69, 9.17) is 9.40 Å². The topological polar surface area (TPSA) is 63.3 Å². The van der Waals surface area contributed by atoms with Gasteiger partial charge in [0.2, 0.25) is 0 Å². The second-order valence-corrected chi connectivity index (χ2v) is 13.5. The molecule has 3 aromatic carbocycles. The minimum Gasteiger partial charge on any atom is -0.512 e. The molecule has 0 unspecified atom stereocenters. The summed E-state index contributed by atoms with van der Waals surface area (Å²) >= 11 is 0. The van der Waals surface area contributed by atoms with Crippen LogP contribution in [0, 0.1) is 17.9 Å². The van der Waals surface area contributed by atoms with Gasteiger partial charge in [-0.15, -0.1) is 17.7 Å². The molecule has 1 saturated carbocycles. The van der Waals surface area contributed by atoms with Gasteiger partial charge in [-0.25, -0.2) is 0 Å². The summed E-state index contributed by atoms with van der Waals surface area (Å²) in [4.78, 5) is 16.0. The fourth-order valence-corrected chi connectivity index (χ4v) is 6.30. The third-order valence-electron chi connectivity index (χ3n) is 8.46. The zero-order valence-electron chi connectivity index (χ0n) is 27.4. The van der Waals surface area contributed by atoms with E-state index in [0.717, 1.165) is 33.2 Å². The van der Waals surface area contributed by atoms with E-state index in [1.54, 1.807) is 0 Å². The summed E-state index contributed by atoms with van der Waals surface area (Å²) in [5.74, 6) is 2.06. The number of allylic oxidation sites excluding steroid dienone is 2. The van der Waals surface area contributed by atoms with Crippen LogP contribution >= 0.6 is 0 Å². The predicted molar refractivity (Wildman–Crippen MR) is 183 cm³/mol. The molecule has 1 radical (unpaired) electrons. The van der Waals surface area contributed by atoms with Crippen LogP contribution in [-0.2, 0) is 24.9 Å². The molecule has 239 valence electrons. The van der Waals surface area contributed by atoms with Crippen LogP contribution in [0.15, 0.2) is 77.0 Å². The predicted octanol–water partition coefficient (Wildman–Crippen LogP) is 11.5. The monoisotopic (exact) mass is 781 g/mol. The normalized spacial score (nSPS) is 14.0. The molecule has 0 saturated heterocycles. The molecule has 1 N–H and O–H groups in total. The molecule has 5 aromatic rings. The number of aliphatic hydroxyl groups excluding tert-OH is 1. The smallest absolute Gasteiger partial charge is 0.159 e. The van der Waals surface area contributed by atoms with Gasteiger partial charge in [0.25, 0.3) is 0 Å². The van der Waals surface area contributed by atoms with Crippen molar-refractivity contribution in [2.45, 2.75) is 91.9 Å². The Bertz CT molecular complexity index is 1790. The standard InChI is InChI=1S/C29H26NO.C11H20O2.Ir/c1-18(2)22-16-25-24-9-5-6-10-27(24)31-29(25)26(17-22)28-23-12-11-20(19-7-3-4-8-19)15-21(23)13-14-30-28;1-8(2)5-10(12)7-11(13)6-9(3)4;/h5-6,9-16,18-19H,3-4,7-8H2,1-2H3;7-9,12H,5-6H2,1-4H3;/q-1;;/b;10-7-;. The van der Waals surface area contributed by atoms with E-state index < -0.39 is 0 Å².